The highest BCUT2D eigenvalue weighted by Crippen LogP contribution is 2.24. The summed E-state index contributed by atoms with van der Waals surface area (Å²) in [5.74, 6) is 0. The fraction of sp³-hybridized carbons (Fsp3) is 0. The normalized spacial score (nSPS) is 10.4. The first-order chi connectivity index (χ1) is 7.74. The van der Waals surface area contributed by atoms with Crippen molar-refractivity contribution in [1.29, 1.82) is 0 Å². The lowest BCUT2D eigenvalue weighted by Gasteiger charge is -2.04. The maximum Gasteiger partial charge on any atom is 0.0938 e. The molecular formula is C13H12ClN3. The second kappa shape index (κ2) is 4.11. The van der Waals surface area contributed by atoms with Crippen molar-refractivity contribution < 1.29 is 0 Å². The number of fused-ring (bicyclic) bond motifs is 2. The molecule has 4 heteroatoms. The molecule has 0 fully saturated rings. The van der Waals surface area contributed by atoms with Gasteiger partial charge in [0.05, 0.1) is 16.7 Å². The van der Waals surface area contributed by atoms with Gasteiger partial charge in [0.1, 0.15) is 0 Å². The van der Waals surface area contributed by atoms with E-state index in [2.05, 4.69) is 11.1 Å². The zero-order chi connectivity index (χ0) is 11.1. The van der Waals surface area contributed by atoms with Gasteiger partial charge in [-0.05, 0) is 24.3 Å². The summed E-state index contributed by atoms with van der Waals surface area (Å²) in [6.45, 7) is 0. The summed E-state index contributed by atoms with van der Waals surface area (Å²) in [6, 6.07) is 13.6. The van der Waals surface area contributed by atoms with Crippen LogP contribution >= 0.6 is 12.4 Å². The van der Waals surface area contributed by atoms with Crippen LogP contribution in [-0.4, -0.2) is 4.98 Å². The van der Waals surface area contributed by atoms with Crippen LogP contribution < -0.4 is 11.5 Å². The first-order valence-corrected chi connectivity index (χ1v) is 5.08. The molecule has 4 N–H and O–H groups in total. The SMILES string of the molecule is Cl.Nc1ccc2cc3cccc(N)c3nc2c1. The summed E-state index contributed by atoms with van der Waals surface area (Å²) >= 11 is 0. The molecule has 0 atom stereocenters. The van der Waals surface area contributed by atoms with Crippen molar-refractivity contribution in [3.8, 4) is 0 Å². The van der Waals surface area contributed by atoms with Crippen LogP contribution in [0.5, 0.6) is 0 Å². The Morgan fingerprint density at radius 2 is 1.71 bits per heavy atom. The molecule has 0 spiro atoms. The smallest absolute Gasteiger partial charge is 0.0938 e. The van der Waals surface area contributed by atoms with E-state index in [0.29, 0.717) is 11.4 Å². The minimum Gasteiger partial charge on any atom is -0.399 e. The average Bonchev–Trinajstić information content (AvgIpc) is 2.28. The number of para-hydroxylation sites is 1. The van der Waals surface area contributed by atoms with Gasteiger partial charge in [0.15, 0.2) is 0 Å². The average molecular weight is 246 g/mol. The highest BCUT2D eigenvalue weighted by atomic mass is 35.5. The lowest BCUT2D eigenvalue weighted by molar-refractivity contribution is 1.50. The summed E-state index contributed by atoms with van der Waals surface area (Å²) < 4.78 is 0. The Morgan fingerprint density at radius 3 is 2.53 bits per heavy atom. The van der Waals surface area contributed by atoms with Gasteiger partial charge in [-0.1, -0.05) is 18.2 Å². The lowest BCUT2D eigenvalue weighted by atomic mass is 10.1. The molecule has 1 aromatic heterocycles. The number of benzene rings is 2. The molecule has 0 aliphatic heterocycles. The molecule has 0 aliphatic carbocycles. The van der Waals surface area contributed by atoms with Crippen LogP contribution in [0.25, 0.3) is 21.8 Å². The second-order valence-corrected chi connectivity index (χ2v) is 3.86. The number of anilines is 2. The van der Waals surface area contributed by atoms with Gasteiger partial charge in [-0.15, -0.1) is 12.4 Å². The quantitative estimate of drug-likeness (QED) is 0.473. The Hall–Kier alpha value is -2.00. The van der Waals surface area contributed by atoms with E-state index in [0.717, 1.165) is 21.8 Å². The molecule has 0 unspecified atom stereocenters. The molecule has 86 valence electrons. The minimum atomic E-state index is 0. The number of pyridine rings is 1. The summed E-state index contributed by atoms with van der Waals surface area (Å²) in [5, 5.41) is 2.13. The molecule has 0 saturated carbocycles. The third kappa shape index (κ3) is 1.85. The van der Waals surface area contributed by atoms with Gasteiger partial charge in [0, 0.05) is 16.5 Å². The Bertz CT molecular complexity index is 695. The highest BCUT2D eigenvalue weighted by Gasteiger charge is 2.02. The van der Waals surface area contributed by atoms with Crippen molar-refractivity contribution >= 4 is 45.6 Å². The van der Waals surface area contributed by atoms with Gasteiger partial charge in [-0.2, -0.15) is 0 Å². The number of hydrogen-bond donors (Lipinski definition) is 2. The molecule has 3 nitrogen and oxygen atoms in total. The standard InChI is InChI=1S/C13H11N3.ClH/c14-10-5-4-8-6-9-2-1-3-11(15)13(9)16-12(8)7-10;/h1-7H,14-15H2;1H. The van der Waals surface area contributed by atoms with Crippen molar-refractivity contribution in [3.05, 3.63) is 42.5 Å². The number of aromatic nitrogens is 1. The first-order valence-electron chi connectivity index (χ1n) is 5.08. The number of halogens is 1. The van der Waals surface area contributed by atoms with E-state index in [1.807, 2.05) is 36.4 Å². The zero-order valence-electron chi connectivity index (χ0n) is 9.05. The molecule has 1 heterocycles. The predicted octanol–water partition coefficient (Wildman–Crippen LogP) is 2.97. The molecule has 0 aliphatic rings. The lowest BCUT2D eigenvalue weighted by Crippen LogP contribution is -1.91. The Kier molecular flexibility index (Phi) is 2.77. The number of rotatable bonds is 0. The number of hydrogen-bond acceptors (Lipinski definition) is 3. The maximum absolute atomic E-state index is 5.89. The van der Waals surface area contributed by atoms with E-state index in [-0.39, 0.29) is 12.4 Å². The van der Waals surface area contributed by atoms with Crippen LogP contribution in [0.2, 0.25) is 0 Å². The maximum atomic E-state index is 5.89. The monoisotopic (exact) mass is 245 g/mol. The summed E-state index contributed by atoms with van der Waals surface area (Å²) in [6.07, 6.45) is 0. The third-order valence-electron chi connectivity index (χ3n) is 2.70. The number of nitrogens with two attached hydrogens (primary N) is 2. The molecule has 3 rings (SSSR count). The van der Waals surface area contributed by atoms with Gasteiger partial charge >= 0.3 is 0 Å². The molecule has 0 bridgehead atoms. The minimum absolute atomic E-state index is 0. The molecule has 0 radical (unpaired) electrons. The van der Waals surface area contributed by atoms with Crippen molar-refractivity contribution in [1.82, 2.24) is 4.98 Å². The zero-order valence-corrected chi connectivity index (χ0v) is 9.87. The van der Waals surface area contributed by atoms with Crippen molar-refractivity contribution in [2.45, 2.75) is 0 Å². The molecule has 3 aromatic rings. The fourth-order valence-corrected chi connectivity index (χ4v) is 1.89. The van der Waals surface area contributed by atoms with Crippen LogP contribution in [0, 0.1) is 0 Å². The summed E-state index contributed by atoms with van der Waals surface area (Å²) in [4.78, 5) is 4.53. The molecule has 0 amide bonds. The van der Waals surface area contributed by atoms with Gasteiger partial charge in [0.2, 0.25) is 0 Å². The van der Waals surface area contributed by atoms with E-state index in [4.69, 9.17) is 11.5 Å². The number of nitrogens with zero attached hydrogens (tertiary/aromatic N) is 1. The molecule has 0 saturated heterocycles. The molecule has 2 aromatic carbocycles. The number of nitrogen functional groups attached to an aromatic ring is 2. The van der Waals surface area contributed by atoms with Gasteiger partial charge in [0.25, 0.3) is 0 Å². The van der Waals surface area contributed by atoms with Crippen LogP contribution in [0.4, 0.5) is 11.4 Å². The predicted molar refractivity (Wildman–Crippen MR) is 75.3 cm³/mol. The van der Waals surface area contributed by atoms with Crippen LogP contribution in [-0.2, 0) is 0 Å². The van der Waals surface area contributed by atoms with Gasteiger partial charge < -0.3 is 11.5 Å². The van der Waals surface area contributed by atoms with Gasteiger partial charge in [-0.25, -0.2) is 4.98 Å². The summed E-state index contributed by atoms with van der Waals surface area (Å²) in [7, 11) is 0. The second-order valence-electron chi connectivity index (χ2n) is 3.86. The van der Waals surface area contributed by atoms with E-state index >= 15 is 0 Å². The van der Waals surface area contributed by atoms with Crippen molar-refractivity contribution in [2.75, 3.05) is 11.5 Å². The van der Waals surface area contributed by atoms with E-state index in [1.54, 1.807) is 0 Å². The molecular weight excluding hydrogens is 234 g/mol. The van der Waals surface area contributed by atoms with Gasteiger partial charge in [-0.3, -0.25) is 0 Å². The first kappa shape index (κ1) is 11.5. The van der Waals surface area contributed by atoms with Crippen molar-refractivity contribution in [3.63, 3.8) is 0 Å². The Balaban J connectivity index is 0.00000108. The molecule has 17 heavy (non-hydrogen) atoms. The Morgan fingerprint density at radius 1 is 0.882 bits per heavy atom. The fourth-order valence-electron chi connectivity index (χ4n) is 1.89. The summed E-state index contributed by atoms with van der Waals surface area (Å²) in [5.41, 5.74) is 14.8. The van der Waals surface area contributed by atoms with E-state index < -0.39 is 0 Å². The van der Waals surface area contributed by atoms with Crippen LogP contribution in [0.15, 0.2) is 42.5 Å². The van der Waals surface area contributed by atoms with E-state index in [1.165, 1.54) is 0 Å². The van der Waals surface area contributed by atoms with Crippen molar-refractivity contribution in [2.24, 2.45) is 0 Å². The largest absolute Gasteiger partial charge is 0.399 e. The third-order valence-corrected chi connectivity index (χ3v) is 2.70. The van der Waals surface area contributed by atoms with Crippen LogP contribution in [0.3, 0.4) is 0 Å². The van der Waals surface area contributed by atoms with E-state index in [9.17, 15) is 0 Å². The van der Waals surface area contributed by atoms with Crippen LogP contribution in [0.1, 0.15) is 0 Å². The Labute approximate surface area is 105 Å². The topological polar surface area (TPSA) is 64.9 Å². The highest BCUT2D eigenvalue weighted by molar-refractivity contribution is 5.98.